The summed E-state index contributed by atoms with van der Waals surface area (Å²) in [6.45, 7) is 0.503. The van der Waals surface area contributed by atoms with Gasteiger partial charge in [-0.25, -0.2) is 4.79 Å². The number of anilines is 2. The molecule has 1 atom stereocenters. The first kappa shape index (κ1) is 26.7. The van der Waals surface area contributed by atoms with E-state index in [1.165, 1.54) is 30.3 Å². The highest BCUT2D eigenvalue weighted by molar-refractivity contribution is 6.40. The molecule has 1 aliphatic carbocycles. The molecule has 0 heterocycles. The zero-order valence-electron chi connectivity index (χ0n) is 20.3. The highest BCUT2D eigenvalue weighted by Gasteiger charge is 2.26. The van der Waals surface area contributed by atoms with Crippen LogP contribution in [0.5, 0.6) is 5.75 Å². The smallest absolute Gasteiger partial charge is 0.335 e. The third-order valence-electron chi connectivity index (χ3n) is 5.87. The maximum absolute atomic E-state index is 13.1. The van der Waals surface area contributed by atoms with Crippen LogP contribution in [0.25, 0.3) is 0 Å². The summed E-state index contributed by atoms with van der Waals surface area (Å²) in [5.41, 5.74) is 1.42. The number of carboxylic acids is 1. The van der Waals surface area contributed by atoms with Crippen LogP contribution in [0.1, 0.15) is 28.8 Å². The van der Waals surface area contributed by atoms with Crippen LogP contribution in [0.2, 0.25) is 5.02 Å². The SMILES string of the molecule is O=C(Nc1cc(Cl)ccc1OCC1CC1)C(=O)N[C@@H](Cc1ccccc1)C(=O)Nc1ccc(C(=O)O)cc1. The molecular formula is C28H26ClN3O6. The van der Waals surface area contributed by atoms with Crippen LogP contribution in [0.3, 0.4) is 0 Å². The Morgan fingerprint density at radius 1 is 0.921 bits per heavy atom. The largest absolute Gasteiger partial charge is 0.491 e. The normalized spacial score (nSPS) is 13.2. The van der Waals surface area contributed by atoms with Gasteiger partial charge in [0.15, 0.2) is 0 Å². The van der Waals surface area contributed by atoms with Gasteiger partial charge < -0.3 is 25.8 Å². The third-order valence-corrected chi connectivity index (χ3v) is 6.11. The van der Waals surface area contributed by atoms with Crippen molar-refractivity contribution in [2.24, 2.45) is 5.92 Å². The minimum absolute atomic E-state index is 0.0651. The summed E-state index contributed by atoms with van der Waals surface area (Å²) in [5.74, 6) is -2.80. The lowest BCUT2D eigenvalue weighted by Gasteiger charge is -2.19. The first-order valence-corrected chi connectivity index (χ1v) is 12.4. The number of carbonyl (C=O) groups excluding carboxylic acids is 3. The molecule has 0 aliphatic heterocycles. The van der Waals surface area contributed by atoms with Gasteiger partial charge in [0.05, 0.1) is 17.9 Å². The summed E-state index contributed by atoms with van der Waals surface area (Å²) in [6, 6.07) is 18.2. The van der Waals surface area contributed by atoms with Crippen molar-refractivity contribution in [1.29, 1.82) is 0 Å². The highest BCUT2D eigenvalue weighted by Crippen LogP contribution is 2.33. The van der Waals surface area contributed by atoms with Gasteiger partial charge in [-0.15, -0.1) is 0 Å². The number of benzene rings is 3. The quantitative estimate of drug-likeness (QED) is 0.288. The number of hydrogen-bond acceptors (Lipinski definition) is 5. The van der Waals surface area contributed by atoms with E-state index in [1.54, 1.807) is 36.4 Å². The Labute approximate surface area is 224 Å². The first-order chi connectivity index (χ1) is 18.3. The van der Waals surface area contributed by atoms with Crippen LogP contribution < -0.4 is 20.7 Å². The summed E-state index contributed by atoms with van der Waals surface area (Å²) >= 11 is 6.08. The summed E-state index contributed by atoms with van der Waals surface area (Å²) in [5, 5.41) is 17.1. The lowest BCUT2D eigenvalue weighted by Crippen LogP contribution is -2.48. The van der Waals surface area contributed by atoms with Crippen molar-refractivity contribution in [3.8, 4) is 5.75 Å². The molecule has 4 rings (SSSR count). The van der Waals surface area contributed by atoms with Crippen LogP contribution in [-0.2, 0) is 20.8 Å². The number of hydrogen-bond donors (Lipinski definition) is 4. The molecule has 0 radical (unpaired) electrons. The van der Waals surface area contributed by atoms with E-state index in [0.717, 1.165) is 18.4 Å². The lowest BCUT2D eigenvalue weighted by atomic mass is 10.0. The Morgan fingerprint density at radius 2 is 1.63 bits per heavy atom. The molecule has 0 unspecified atom stereocenters. The zero-order chi connectivity index (χ0) is 27.1. The standard InChI is InChI=1S/C28H26ClN3O6/c29-20-10-13-24(38-16-18-6-7-18)22(15-20)31-26(34)27(35)32-23(14-17-4-2-1-3-5-17)25(33)30-21-11-8-19(9-12-21)28(36)37/h1-5,8-13,15,18,23H,6-7,14,16H2,(H,30,33)(H,31,34)(H,32,35)(H,36,37)/t23-/m0/s1. The summed E-state index contributed by atoms with van der Waals surface area (Å²) in [4.78, 5) is 49.8. The van der Waals surface area contributed by atoms with Crippen LogP contribution in [-0.4, -0.2) is 41.4 Å². The van der Waals surface area contributed by atoms with Crippen LogP contribution >= 0.6 is 11.6 Å². The molecule has 3 aromatic rings. The van der Waals surface area contributed by atoms with E-state index in [9.17, 15) is 19.2 Å². The number of rotatable bonds is 10. The number of carbonyl (C=O) groups is 4. The van der Waals surface area contributed by atoms with Gasteiger partial charge in [-0.05, 0) is 66.8 Å². The molecule has 196 valence electrons. The number of ether oxygens (including phenoxy) is 1. The van der Waals surface area contributed by atoms with Gasteiger partial charge in [-0.3, -0.25) is 14.4 Å². The monoisotopic (exact) mass is 535 g/mol. The molecule has 1 aliphatic rings. The molecule has 10 heteroatoms. The Morgan fingerprint density at radius 3 is 2.29 bits per heavy atom. The van der Waals surface area contributed by atoms with Crippen molar-refractivity contribution in [3.63, 3.8) is 0 Å². The third kappa shape index (κ3) is 7.57. The van der Waals surface area contributed by atoms with Crippen molar-refractivity contribution in [1.82, 2.24) is 5.32 Å². The molecule has 3 aromatic carbocycles. The van der Waals surface area contributed by atoms with E-state index in [1.807, 2.05) is 6.07 Å². The summed E-state index contributed by atoms with van der Waals surface area (Å²) in [6.07, 6.45) is 2.30. The molecule has 0 bridgehead atoms. The molecule has 0 saturated heterocycles. The van der Waals surface area contributed by atoms with Crippen molar-refractivity contribution in [3.05, 3.63) is 88.9 Å². The van der Waals surface area contributed by atoms with Crippen LogP contribution in [0.15, 0.2) is 72.8 Å². The molecule has 4 N–H and O–H groups in total. The molecule has 9 nitrogen and oxygen atoms in total. The molecular weight excluding hydrogens is 510 g/mol. The van der Waals surface area contributed by atoms with E-state index in [4.69, 9.17) is 21.4 Å². The van der Waals surface area contributed by atoms with Gasteiger partial charge >= 0.3 is 17.8 Å². The van der Waals surface area contributed by atoms with Gasteiger partial charge in [0.25, 0.3) is 0 Å². The highest BCUT2D eigenvalue weighted by atomic mass is 35.5. The Hall–Kier alpha value is -4.37. The van der Waals surface area contributed by atoms with Crippen LogP contribution in [0, 0.1) is 5.92 Å². The fourth-order valence-electron chi connectivity index (χ4n) is 3.61. The predicted molar refractivity (Wildman–Crippen MR) is 142 cm³/mol. The Balaban J connectivity index is 1.45. The maximum Gasteiger partial charge on any atom is 0.335 e. The molecule has 3 amide bonds. The molecule has 1 saturated carbocycles. The van der Waals surface area contributed by atoms with Crippen molar-refractivity contribution in [2.75, 3.05) is 17.2 Å². The second-order valence-electron chi connectivity index (χ2n) is 8.94. The number of halogens is 1. The number of carboxylic acid groups (broad SMARTS) is 1. The van der Waals surface area contributed by atoms with E-state index >= 15 is 0 Å². The first-order valence-electron chi connectivity index (χ1n) is 12.0. The molecule has 38 heavy (non-hydrogen) atoms. The lowest BCUT2D eigenvalue weighted by molar-refractivity contribution is -0.137. The minimum atomic E-state index is -1.10. The van der Waals surface area contributed by atoms with Crippen molar-refractivity contribution >= 4 is 46.7 Å². The number of amides is 3. The minimum Gasteiger partial charge on any atom is -0.491 e. The fourth-order valence-corrected chi connectivity index (χ4v) is 3.78. The average Bonchev–Trinajstić information content (AvgIpc) is 3.73. The molecule has 1 fully saturated rings. The molecule has 0 spiro atoms. The topological polar surface area (TPSA) is 134 Å². The van der Waals surface area contributed by atoms with Crippen molar-refractivity contribution < 1.29 is 29.0 Å². The molecule has 0 aromatic heterocycles. The van der Waals surface area contributed by atoms with Gasteiger partial charge in [-0.2, -0.15) is 0 Å². The fraction of sp³-hybridized carbons (Fsp3) is 0.214. The predicted octanol–water partition coefficient (Wildman–Crippen LogP) is 4.13. The van der Waals surface area contributed by atoms with E-state index in [2.05, 4.69) is 16.0 Å². The summed E-state index contributed by atoms with van der Waals surface area (Å²) in [7, 11) is 0. The van der Waals surface area contributed by atoms with E-state index in [0.29, 0.717) is 29.0 Å². The van der Waals surface area contributed by atoms with E-state index < -0.39 is 29.7 Å². The van der Waals surface area contributed by atoms with Crippen molar-refractivity contribution in [2.45, 2.75) is 25.3 Å². The second-order valence-corrected chi connectivity index (χ2v) is 9.37. The van der Waals surface area contributed by atoms with Gasteiger partial charge in [0.1, 0.15) is 11.8 Å². The van der Waals surface area contributed by atoms with E-state index in [-0.39, 0.29) is 17.7 Å². The van der Waals surface area contributed by atoms with Crippen LogP contribution in [0.4, 0.5) is 11.4 Å². The summed E-state index contributed by atoms with van der Waals surface area (Å²) < 4.78 is 5.78. The average molecular weight is 536 g/mol. The maximum atomic E-state index is 13.1. The Kier molecular flexibility index (Phi) is 8.60. The Bertz CT molecular complexity index is 1330. The number of aromatic carboxylic acids is 1. The van der Waals surface area contributed by atoms with Gasteiger partial charge in [0, 0.05) is 17.1 Å². The van der Waals surface area contributed by atoms with Gasteiger partial charge in [0.2, 0.25) is 5.91 Å². The van der Waals surface area contributed by atoms with Gasteiger partial charge in [-0.1, -0.05) is 41.9 Å². The number of nitrogens with one attached hydrogen (secondary N) is 3. The zero-order valence-corrected chi connectivity index (χ0v) is 21.0. The second kappa shape index (κ2) is 12.2.